The highest BCUT2D eigenvalue weighted by Crippen LogP contribution is 2.50. The topological polar surface area (TPSA) is 88.8 Å². The van der Waals surface area contributed by atoms with E-state index in [0.29, 0.717) is 30.8 Å². The molecule has 1 aromatic rings. The minimum atomic E-state index is -0.886. The van der Waals surface area contributed by atoms with Crippen LogP contribution in [0.1, 0.15) is 64.6 Å². The number of carbonyl (C=O) groups is 3. The molecule has 7 heteroatoms. The highest BCUT2D eigenvalue weighted by molar-refractivity contribution is 5.92. The van der Waals surface area contributed by atoms with Gasteiger partial charge in [-0.15, -0.1) is 0 Å². The number of hydrogen-bond donors (Lipinski definition) is 1. The second kappa shape index (κ2) is 9.96. The van der Waals surface area contributed by atoms with Crippen LogP contribution < -0.4 is 5.32 Å². The van der Waals surface area contributed by atoms with Gasteiger partial charge >= 0.3 is 5.97 Å². The van der Waals surface area contributed by atoms with Crippen LogP contribution in [-0.4, -0.2) is 35.8 Å². The summed E-state index contributed by atoms with van der Waals surface area (Å²) < 4.78 is 10.9. The maximum Gasteiger partial charge on any atom is 0.318 e. The number of furan rings is 1. The largest absolute Gasteiger partial charge is 0.467 e. The van der Waals surface area contributed by atoms with Crippen molar-refractivity contribution in [2.75, 3.05) is 13.2 Å². The van der Waals surface area contributed by atoms with Crippen molar-refractivity contribution < 1.29 is 23.5 Å². The van der Waals surface area contributed by atoms with Crippen molar-refractivity contribution >= 4 is 17.8 Å². The first kappa shape index (κ1) is 22.1. The molecule has 1 aromatic heterocycles. The third-order valence-corrected chi connectivity index (χ3v) is 5.98. The van der Waals surface area contributed by atoms with E-state index in [1.54, 1.807) is 24.2 Å². The molecular formula is C23H32N2O5. The van der Waals surface area contributed by atoms with E-state index in [9.17, 15) is 14.4 Å². The number of esters is 1. The van der Waals surface area contributed by atoms with Crippen molar-refractivity contribution in [3.05, 3.63) is 35.9 Å². The number of likely N-dealkylation sites (tertiary alicyclic amines) is 1. The molecule has 0 saturated carbocycles. The van der Waals surface area contributed by atoms with Crippen LogP contribution >= 0.6 is 0 Å². The number of amides is 2. The lowest BCUT2D eigenvalue weighted by atomic mass is 9.66. The van der Waals surface area contributed by atoms with Crippen LogP contribution in [0.2, 0.25) is 0 Å². The third kappa shape index (κ3) is 4.60. The molecule has 0 bridgehead atoms. The number of carbonyl (C=O) groups excluding carboxylic acids is 3. The minimum Gasteiger partial charge on any atom is -0.467 e. The summed E-state index contributed by atoms with van der Waals surface area (Å²) >= 11 is 0. The van der Waals surface area contributed by atoms with Gasteiger partial charge in [0.1, 0.15) is 11.2 Å². The maximum absolute atomic E-state index is 13.4. The summed E-state index contributed by atoms with van der Waals surface area (Å²) in [5.74, 6) is -0.515. The Hall–Kier alpha value is -2.57. The number of allylic oxidation sites excluding steroid dienone is 1. The Morgan fingerprint density at radius 2 is 2.20 bits per heavy atom. The highest BCUT2D eigenvalue weighted by Gasteiger charge is 2.54. The summed E-state index contributed by atoms with van der Waals surface area (Å²) in [6.45, 7) is 4.97. The van der Waals surface area contributed by atoms with E-state index in [4.69, 9.17) is 9.15 Å². The van der Waals surface area contributed by atoms with Crippen molar-refractivity contribution in [3.63, 3.8) is 0 Å². The van der Waals surface area contributed by atoms with Gasteiger partial charge in [0.15, 0.2) is 0 Å². The molecular weight excluding hydrogens is 384 g/mol. The van der Waals surface area contributed by atoms with Crippen LogP contribution in [0.4, 0.5) is 0 Å². The Balaban J connectivity index is 1.90. The number of piperidine rings is 1. The van der Waals surface area contributed by atoms with Gasteiger partial charge in [-0.25, -0.2) is 0 Å². The molecule has 3 rings (SSSR count). The maximum atomic E-state index is 13.4. The van der Waals surface area contributed by atoms with Crippen LogP contribution in [0, 0.1) is 11.3 Å². The normalized spacial score (nSPS) is 23.5. The van der Waals surface area contributed by atoms with Crippen molar-refractivity contribution in [1.82, 2.24) is 10.2 Å². The molecule has 164 valence electrons. The smallest absolute Gasteiger partial charge is 0.318 e. The summed E-state index contributed by atoms with van der Waals surface area (Å²) in [5, 5.41) is 2.89. The van der Waals surface area contributed by atoms with E-state index < -0.39 is 11.3 Å². The van der Waals surface area contributed by atoms with Crippen molar-refractivity contribution in [1.29, 1.82) is 0 Å². The molecule has 1 saturated heterocycles. The molecule has 1 N–H and O–H groups in total. The van der Waals surface area contributed by atoms with Gasteiger partial charge in [0.05, 0.1) is 19.4 Å². The molecule has 30 heavy (non-hydrogen) atoms. The molecule has 2 heterocycles. The molecule has 0 aromatic carbocycles. The molecule has 2 amide bonds. The van der Waals surface area contributed by atoms with Gasteiger partial charge in [0, 0.05) is 24.6 Å². The fourth-order valence-corrected chi connectivity index (χ4v) is 4.53. The van der Waals surface area contributed by atoms with Crippen molar-refractivity contribution in [3.8, 4) is 0 Å². The number of ether oxygens (including phenoxy) is 1. The monoisotopic (exact) mass is 416 g/mol. The first-order valence-electron chi connectivity index (χ1n) is 11.0. The number of unbranched alkanes of at least 4 members (excludes halogenated alkanes) is 1. The van der Waals surface area contributed by atoms with Crippen LogP contribution in [0.25, 0.3) is 0 Å². The summed E-state index contributed by atoms with van der Waals surface area (Å²) in [4.78, 5) is 40.7. The number of fused-ring (bicyclic) bond motifs is 1. The summed E-state index contributed by atoms with van der Waals surface area (Å²) in [6, 6.07) is 3.58. The molecule has 2 atom stereocenters. The molecule has 0 unspecified atom stereocenters. The second-order valence-electron chi connectivity index (χ2n) is 8.10. The fraction of sp³-hybridized carbons (Fsp3) is 0.609. The average molecular weight is 417 g/mol. The van der Waals surface area contributed by atoms with E-state index in [1.807, 2.05) is 12.1 Å². The van der Waals surface area contributed by atoms with Crippen molar-refractivity contribution in [2.24, 2.45) is 11.3 Å². The molecule has 2 aliphatic rings. The molecule has 0 radical (unpaired) electrons. The number of hydrogen-bond acceptors (Lipinski definition) is 5. The predicted molar refractivity (Wildman–Crippen MR) is 111 cm³/mol. The molecule has 1 fully saturated rings. The quantitative estimate of drug-likeness (QED) is 0.491. The van der Waals surface area contributed by atoms with Gasteiger partial charge in [0.25, 0.3) is 0 Å². The van der Waals surface area contributed by atoms with Crippen LogP contribution in [0.5, 0.6) is 0 Å². The summed E-state index contributed by atoms with van der Waals surface area (Å²) in [5.41, 5.74) is -0.181. The molecule has 0 spiro atoms. The lowest BCUT2D eigenvalue weighted by Crippen LogP contribution is -2.54. The number of nitrogens with one attached hydrogen (secondary N) is 1. The van der Waals surface area contributed by atoms with Gasteiger partial charge < -0.3 is 19.4 Å². The second-order valence-corrected chi connectivity index (χ2v) is 8.10. The zero-order valence-corrected chi connectivity index (χ0v) is 17.9. The zero-order valence-electron chi connectivity index (χ0n) is 17.9. The summed E-state index contributed by atoms with van der Waals surface area (Å²) in [7, 11) is 0. The minimum absolute atomic E-state index is 0.0750. The highest BCUT2D eigenvalue weighted by atomic mass is 16.5. The number of rotatable bonds is 9. The van der Waals surface area contributed by atoms with E-state index in [2.05, 4.69) is 12.2 Å². The molecule has 1 aliphatic heterocycles. The third-order valence-electron chi connectivity index (χ3n) is 5.98. The fourth-order valence-electron chi connectivity index (χ4n) is 4.53. The van der Waals surface area contributed by atoms with Gasteiger partial charge in [-0.1, -0.05) is 19.4 Å². The van der Waals surface area contributed by atoms with Gasteiger partial charge in [-0.2, -0.15) is 0 Å². The van der Waals surface area contributed by atoms with Gasteiger partial charge in [-0.05, 0) is 51.2 Å². The van der Waals surface area contributed by atoms with Crippen molar-refractivity contribution in [2.45, 2.75) is 65.3 Å². The van der Waals surface area contributed by atoms with Crippen LogP contribution in [-0.2, 0) is 25.7 Å². The first-order valence-corrected chi connectivity index (χ1v) is 11.0. The SMILES string of the molecule is CCCCNC(=O)C[C@@H]1C[C@@]2(C(=O)OCC)CCCC=C2N(Cc2ccco2)C1=O. The Morgan fingerprint density at radius 3 is 2.90 bits per heavy atom. The van der Waals surface area contributed by atoms with Crippen LogP contribution in [0.3, 0.4) is 0 Å². The van der Waals surface area contributed by atoms with Gasteiger partial charge in [-0.3, -0.25) is 14.4 Å². The Labute approximate surface area is 177 Å². The number of nitrogens with zero attached hydrogens (tertiary/aromatic N) is 1. The summed E-state index contributed by atoms with van der Waals surface area (Å²) in [6.07, 6.45) is 8.09. The Kier molecular flexibility index (Phi) is 7.34. The molecule has 7 nitrogen and oxygen atoms in total. The van der Waals surface area contributed by atoms with E-state index in [0.717, 1.165) is 25.7 Å². The Bertz CT molecular complexity index is 786. The molecule has 1 aliphatic carbocycles. The standard InChI is InChI=1S/C23H32N2O5/c1-3-5-12-24-20(26)14-17-15-23(22(28)29-4-2)11-7-6-10-19(23)25(21(17)27)16-18-9-8-13-30-18/h8-10,13,17H,3-7,11-12,14-16H2,1-2H3,(H,24,26)/t17-,23+/m1/s1. The van der Waals surface area contributed by atoms with E-state index in [-0.39, 0.29) is 37.4 Å². The lowest BCUT2D eigenvalue weighted by Gasteiger charge is -2.47. The average Bonchev–Trinajstić information content (AvgIpc) is 3.24. The predicted octanol–water partition coefficient (Wildman–Crippen LogP) is 3.55. The van der Waals surface area contributed by atoms with Gasteiger partial charge in [0.2, 0.25) is 11.8 Å². The van der Waals surface area contributed by atoms with Crippen LogP contribution in [0.15, 0.2) is 34.6 Å². The first-order chi connectivity index (χ1) is 14.5. The van der Waals surface area contributed by atoms with E-state index >= 15 is 0 Å². The lowest BCUT2D eigenvalue weighted by molar-refractivity contribution is -0.162. The zero-order chi connectivity index (χ0) is 21.6. The Morgan fingerprint density at radius 1 is 1.37 bits per heavy atom. The van der Waals surface area contributed by atoms with E-state index in [1.165, 1.54) is 0 Å².